The van der Waals surface area contributed by atoms with E-state index in [4.69, 9.17) is 4.74 Å². The minimum atomic E-state index is -0.656. The number of amides is 2. The highest BCUT2D eigenvalue weighted by atomic mass is 16.5. The number of carbonyl (C=O) groups is 3. The number of hydrogen-bond donors (Lipinski definition) is 2. The van der Waals surface area contributed by atoms with Crippen molar-refractivity contribution < 1.29 is 19.1 Å². The van der Waals surface area contributed by atoms with Gasteiger partial charge in [-0.1, -0.05) is 48.5 Å². The van der Waals surface area contributed by atoms with E-state index in [2.05, 4.69) is 10.6 Å². The van der Waals surface area contributed by atoms with Crippen molar-refractivity contribution in [1.29, 1.82) is 0 Å². The number of nitrogens with one attached hydrogen (secondary N) is 2. The Morgan fingerprint density at radius 3 is 2.52 bits per heavy atom. The highest BCUT2D eigenvalue weighted by molar-refractivity contribution is 5.97. The Morgan fingerprint density at radius 1 is 1.08 bits per heavy atom. The molecule has 0 aliphatic carbocycles. The van der Waals surface area contributed by atoms with Crippen molar-refractivity contribution in [2.45, 2.75) is 18.9 Å². The quantitative estimate of drug-likeness (QED) is 0.818. The molecule has 2 amide bonds. The molecule has 0 aromatic heterocycles. The van der Waals surface area contributed by atoms with Gasteiger partial charge in [0.25, 0.3) is 5.91 Å². The summed E-state index contributed by atoms with van der Waals surface area (Å²) >= 11 is 0. The molecule has 3 rings (SSSR count). The Labute approximate surface area is 145 Å². The summed E-state index contributed by atoms with van der Waals surface area (Å²) in [6.07, 6.45) is 0.701. The predicted octanol–water partition coefficient (Wildman–Crippen LogP) is 2.11. The van der Waals surface area contributed by atoms with Gasteiger partial charge < -0.3 is 15.4 Å². The molecular weight excluding hydrogens is 320 g/mol. The number of para-hydroxylation sites is 1. The highest BCUT2D eigenvalue weighted by Crippen LogP contribution is 2.27. The molecule has 1 fully saturated rings. The van der Waals surface area contributed by atoms with Gasteiger partial charge in [0, 0.05) is 17.7 Å². The van der Waals surface area contributed by atoms with E-state index in [1.807, 2.05) is 48.5 Å². The molecule has 2 N–H and O–H groups in total. The van der Waals surface area contributed by atoms with Crippen LogP contribution in [-0.2, 0) is 19.1 Å². The summed E-state index contributed by atoms with van der Waals surface area (Å²) in [5.41, 5.74) is 2.50. The molecule has 25 heavy (non-hydrogen) atoms. The maximum atomic E-state index is 12.1. The average molecular weight is 338 g/mol. The topological polar surface area (TPSA) is 84.5 Å². The van der Waals surface area contributed by atoms with E-state index in [1.54, 1.807) is 6.07 Å². The van der Waals surface area contributed by atoms with Gasteiger partial charge in [0.2, 0.25) is 5.91 Å². The fourth-order valence-corrected chi connectivity index (χ4v) is 2.68. The Bertz CT molecular complexity index is 789. The van der Waals surface area contributed by atoms with Gasteiger partial charge in [-0.3, -0.25) is 9.59 Å². The van der Waals surface area contributed by atoms with Gasteiger partial charge in [0.1, 0.15) is 6.04 Å². The van der Waals surface area contributed by atoms with Crippen molar-refractivity contribution in [3.05, 3.63) is 54.6 Å². The number of benzene rings is 2. The normalized spacial score (nSPS) is 16.2. The number of rotatable bonds is 5. The van der Waals surface area contributed by atoms with E-state index in [0.717, 1.165) is 11.1 Å². The lowest BCUT2D eigenvalue weighted by Crippen LogP contribution is -2.36. The molecule has 0 saturated carbocycles. The molecule has 6 nitrogen and oxygen atoms in total. The van der Waals surface area contributed by atoms with Crippen molar-refractivity contribution >= 4 is 23.5 Å². The van der Waals surface area contributed by atoms with Gasteiger partial charge in [0.15, 0.2) is 6.61 Å². The Morgan fingerprint density at radius 2 is 1.80 bits per heavy atom. The van der Waals surface area contributed by atoms with E-state index in [0.29, 0.717) is 18.5 Å². The first-order valence-electron chi connectivity index (χ1n) is 8.04. The van der Waals surface area contributed by atoms with E-state index in [9.17, 15) is 14.4 Å². The third-order valence-corrected chi connectivity index (χ3v) is 3.91. The minimum Gasteiger partial charge on any atom is -0.454 e. The van der Waals surface area contributed by atoms with Crippen LogP contribution in [-0.4, -0.2) is 30.4 Å². The molecule has 0 spiro atoms. The monoisotopic (exact) mass is 338 g/mol. The van der Waals surface area contributed by atoms with Crippen LogP contribution in [0.25, 0.3) is 11.1 Å². The maximum absolute atomic E-state index is 12.1. The Hall–Kier alpha value is -3.15. The number of hydrogen-bond acceptors (Lipinski definition) is 4. The molecule has 128 valence electrons. The molecule has 1 heterocycles. The van der Waals surface area contributed by atoms with Gasteiger partial charge in [0.05, 0.1) is 0 Å². The number of anilines is 1. The lowest BCUT2D eigenvalue weighted by Gasteiger charge is -2.13. The molecule has 2 aromatic carbocycles. The molecule has 0 radical (unpaired) electrons. The standard InChI is InChI=1S/C19H18N2O4/c22-17-11-10-16(21-17)19(24)25-12-18(23)20-15-9-5-4-8-14(15)13-6-2-1-3-7-13/h1-9,16H,10-12H2,(H,20,23)(H,21,22)/t16-/m0/s1. The third kappa shape index (κ3) is 4.23. The molecule has 2 aromatic rings. The van der Waals surface area contributed by atoms with Crippen LogP contribution in [0.15, 0.2) is 54.6 Å². The summed E-state index contributed by atoms with van der Waals surface area (Å²) in [7, 11) is 0. The minimum absolute atomic E-state index is 0.178. The molecule has 0 bridgehead atoms. The molecule has 1 aliphatic rings. The Balaban J connectivity index is 1.60. The summed E-state index contributed by atoms with van der Waals surface area (Å²) in [6, 6.07) is 16.4. The summed E-state index contributed by atoms with van der Waals surface area (Å²) in [5, 5.41) is 5.27. The van der Waals surface area contributed by atoms with Crippen LogP contribution in [0, 0.1) is 0 Å². The van der Waals surface area contributed by atoms with Crippen molar-refractivity contribution in [2.75, 3.05) is 11.9 Å². The maximum Gasteiger partial charge on any atom is 0.329 e. The average Bonchev–Trinajstić information content (AvgIpc) is 3.07. The van der Waals surface area contributed by atoms with Crippen LogP contribution >= 0.6 is 0 Å². The Kier molecular flexibility index (Phi) is 5.09. The van der Waals surface area contributed by atoms with Gasteiger partial charge >= 0.3 is 5.97 Å². The van der Waals surface area contributed by atoms with Crippen molar-refractivity contribution in [3.8, 4) is 11.1 Å². The van der Waals surface area contributed by atoms with Crippen LogP contribution in [0.4, 0.5) is 5.69 Å². The first-order valence-corrected chi connectivity index (χ1v) is 8.04. The van der Waals surface area contributed by atoms with Crippen LogP contribution in [0.3, 0.4) is 0 Å². The molecule has 1 aliphatic heterocycles. The molecular formula is C19H18N2O4. The summed E-state index contributed by atoms with van der Waals surface area (Å²) in [4.78, 5) is 35.0. The number of ether oxygens (including phenoxy) is 1. The first-order chi connectivity index (χ1) is 12.1. The first kappa shape index (κ1) is 16.7. The zero-order valence-corrected chi connectivity index (χ0v) is 13.5. The second-order valence-corrected chi connectivity index (χ2v) is 5.73. The predicted molar refractivity (Wildman–Crippen MR) is 92.6 cm³/mol. The van der Waals surface area contributed by atoms with Crippen LogP contribution in [0.5, 0.6) is 0 Å². The van der Waals surface area contributed by atoms with Gasteiger partial charge in [-0.15, -0.1) is 0 Å². The number of esters is 1. The van der Waals surface area contributed by atoms with Crippen molar-refractivity contribution in [1.82, 2.24) is 5.32 Å². The molecule has 1 saturated heterocycles. The summed E-state index contributed by atoms with van der Waals surface area (Å²) in [5.74, 6) is -1.19. The zero-order valence-electron chi connectivity index (χ0n) is 13.5. The second-order valence-electron chi connectivity index (χ2n) is 5.73. The molecule has 1 atom stereocenters. The fourth-order valence-electron chi connectivity index (χ4n) is 2.68. The largest absolute Gasteiger partial charge is 0.454 e. The van der Waals surface area contributed by atoms with Crippen LogP contribution in [0.2, 0.25) is 0 Å². The van der Waals surface area contributed by atoms with Crippen LogP contribution < -0.4 is 10.6 Å². The highest BCUT2D eigenvalue weighted by Gasteiger charge is 2.28. The van der Waals surface area contributed by atoms with Gasteiger partial charge in [-0.2, -0.15) is 0 Å². The molecule has 0 unspecified atom stereocenters. The van der Waals surface area contributed by atoms with Gasteiger partial charge in [-0.05, 0) is 18.1 Å². The van der Waals surface area contributed by atoms with E-state index in [-0.39, 0.29) is 5.91 Å². The van der Waals surface area contributed by atoms with E-state index in [1.165, 1.54) is 0 Å². The second kappa shape index (κ2) is 7.61. The number of carbonyl (C=O) groups excluding carboxylic acids is 3. The zero-order chi connectivity index (χ0) is 17.6. The fraction of sp³-hybridized carbons (Fsp3) is 0.211. The smallest absolute Gasteiger partial charge is 0.329 e. The SMILES string of the molecule is O=C(COC(=O)[C@@H]1CCC(=O)N1)Nc1ccccc1-c1ccccc1. The van der Waals surface area contributed by atoms with E-state index < -0.39 is 24.5 Å². The van der Waals surface area contributed by atoms with Crippen molar-refractivity contribution in [3.63, 3.8) is 0 Å². The third-order valence-electron chi connectivity index (χ3n) is 3.91. The van der Waals surface area contributed by atoms with Crippen molar-refractivity contribution in [2.24, 2.45) is 0 Å². The lowest BCUT2D eigenvalue weighted by molar-refractivity contribution is -0.149. The lowest BCUT2D eigenvalue weighted by atomic mass is 10.0. The van der Waals surface area contributed by atoms with Gasteiger partial charge in [-0.25, -0.2) is 4.79 Å². The summed E-state index contributed by atoms with van der Waals surface area (Å²) in [6.45, 7) is -0.395. The van der Waals surface area contributed by atoms with E-state index >= 15 is 0 Å². The summed E-state index contributed by atoms with van der Waals surface area (Å²) < 4.78 is 4.99. The van der Waals surface area contributed by atoms with Crippen LogP contribution in [0.1, 0.15) is 12.8 Å². The molecule has 6 heteroatoms.